The average Bonchev–Trinajstić information content (AvgIpc) is 2.28. The molecular weight excluding hydrogens is 196 g/mol. The first-order chi connectivity index (χ1) is 7.63. The Hall–Kier alpha value is -1.37. The summed E-state index contributed by atoms with van der Waals surface area (Å²) in [6, 6.07) is 7.88. The van der Waals surface area contributed by atoms with Crippen molar-refractivity contribution in [1.82, 2.24) is 0 Å². The lowest BCUT2D eigenvalue weighted by Gasteiger charge is -2.10. The molecule has 0 amide bonds. The summed E-state index contributed by atoms with van der Waals surface area (Å²) in [7, 11) is 0. The number of allylic oxidation sites excluding steroid dienone is 2. The van der Waals surface area contributed by atoms with Crippen molar-refractivity contribution < 1.29 is 4.79 Å². The van der Waals surface area contributed by atoms with Gasteiger partial charge in [0, 0.05) is 5.56 Å². The van der Waals surface area contributed by atoms with Crippen LogP contribution in [0.5, 0.6) is 0 Å². The highest BCUT2D eigenvalue weighted by Gasteiger charge is 2.04. The highest BCUT2D eigenvalue weighted by atomic mass is 16.1. The Morgan fingerprint density at radius 1 is 1.25 bits per heavy atom. The normalized spacial score (nSPS) is 11.9. The van der Waals surface area contributed by atoms with Crippen molar-refractivity contribution >= 4 is 6.29 Å². The Bertz CT molecular complexity index is 356. The Balaban J connectivity index is 2.55. The van der Waals surface area contributed by atoms with E-state index in [1.165, 1.54) is 11.1 Å². The minimum absolute atomic E-state index is 0.552. The molecular formula is C15H20O. The fraction of sp³-hybridized carbons (Fsp3) is 0.400. The fourth-order valence-electron chi connectivity index (χ4n) is 1.69. The number of hydrogen-bond donors (Lipinski definition) is 0. The maximum Gasteiger partial charge on any atom is 0.150 e. The first-order valence-electron chi connectivity index (χ1n) is 5.82. The minimum Gasteiger partial charge on any atom is -0.298 e. The molecule has 0 unspecified atom stereocenters. The van der Waals surface area contributed by atoms with Crippen LogP contribution in [0.2, 0.25) is 0 Å². The lowest BCUT2D eigenvalue weighted by Crippen LogP contribution is -1.93. The highest BCUT2D eigenvalue weighted by molar-refractivity contribution is 5.74. The fourth-order valence-corrected chi connectivity index (χ4v) is 1.69. The summed E-state index contributed by atoms with van der Waals surface area (Å²) in [5, 5.41) is 0. The van der Waals surface area contributed by atoms with E-state index in [9.17, 15) is 4.79 Å². The number of rotatable bonds is 5. The topological polar surface area (TPSA) is 17.1 Å². The van der Waals surface area contributed by atoms with Gasteiger partial charge < -0.3 is 0 Å². The molecule has 1 rings (SSSR count). The van der Waals surface area contributed by atoms with Crippen LogP contribution in [0.15, 0.2) is 35.9 Å². The second kappa shape index (κ2) is 6.26. The lowest BCUT2D eigenvalue weighted by atomic mass is 9.95. The summed E-state index contributed by atoms with van der Waals surface area (Å²) < 4.78 is 0. The Labute approximate surface area is 98.2 Å². The van der Waals surface area contributed by atoms with Gasteiger partial charge in [0.05, 0.1) is 0 Å². The lowest BCUT2D eigenvalue weighted by molar-refractivity contribution is 0.112. The van der Waals surface area contributed by atoms with E-state index in [1.54, 1.807) is 0 Å². The second-order valence-electron chi connectivity index (χ2n) is 4.54. The van der Waals surface area contributed by atoms with Gasteiger partial charge in [-0.2, -0.15) is 0 Å². The van der Waals surface area contributed by atoms with Crippen LogP contribution in [0.1, 0.15) is 55.5 Å². The first kappa shape index (κ1) is 12.7. The van der Waals surface area contributed by atoms with E-state index in [-0.39, 0.29) is 0 Å². The summed E-state index contributed by atoms with van der Waals surface area (Å²) in [6.45, 7) is 6.49. The van der Waals surface area contributed by atoms with Crippen molar-refractivity contribution in [3.63, 3.8) is 0 Å². The van der Waals surface area contributed by atoms with Gasteiger partial charge >= 0.3 is 0 Å². The van der Waals surface area contributed by atoms with Gasteiger partial charge in [-0.05, 0) is 38.2 Å². The number of benzene rings is 1. The number of aldehydes is 1. The van der Waals surface area contributed by atoms with Crippen molar-refractivity contribution in [3.8, 4) is 0 Å². The van der Waals surface area contributed by atoms with E-state index in [2.05, 4.69) is 39.0 Å². The summed E-state index contributed by atoms with van der Waals surface area (Å²) >= 11 is 0. The van der Waals surface area contributed by atoms with Crippen LogP contribution in [0.25, 0.3) is 0 Å². The molecule has 0 bridgehead atoms. The van der Waals surface area contributed by atoms with Gasteiger partial charge in [0.2, 0.25) is 0 Å². The third-order valence-electron chi connectivity index (χ3n) is 2.79. The van der Waals surface area contributed by atoms with E-state index in [0.29, 0.717) is 5.92 Å². The standard InChI is InChI=1S/C15H20O/c1-12(2)5-4-6-13(3)15-9-7-14(11-16)8-10-15/h5,7-11,13H,4,6H2,1-3H3/t13-/m0/s1. The van der Waals surface area contributed by atoms with Gasteiger partial charge in [0.15, 0.2) is 0 Å². The van der Waals surface area contributed by atoms with Gasteiger partial charge in [0.1, 0.15) is 6.29 Å². The van der Waals surface area contributed by atoms with Gasteiger partial charge in [-0.15, -0.1) is 0 Å². The van der Waals surface area contributed by atoms with E-state index >= 15 is 0 Å². The van der Waals surface area contributed by atoms with Crippen molar-refractivity contribution in [2.24, 2.45) is 0 Å². The van der Waals surface area contributed by atoms with E-state index < -0.39 is 0 Å². The van der Waals surface area contributed by atoms with Crippen molar-refractivity contribution in [1.29, 1.82) is 0 Å². The zero-order valence-corrected chi connectivity index (χ0v) is 10.4. The van der Waals surface area contributed by atoms with E-state index in [1.807, 2.05) is 12.1 Å². The maximum absolute atomic E-state index is 10.5. The zero-order chi connectivity index (χ0) is 12.0. The third kappa shape index (κ3) is 4.01. The molecule has 0 aliphatic rings. The molecule has 0 fully saturated rings. The van der Waals surface area contributed by atoms with Gasteiger partial charge in [0.25, 0.3) is 0 Å². The van der Waals surface area contributed by atoms with Crippen LogP contribution in [0, 0.1) is 0 Å². The summed E-state index contributed by atoms with van der Waals surface area (Å²) in [5.74, 6) is 0.552. The predicted molar refractivity (Wildman–Crippen MR) is 68.9 cm³/mol. The molecule has 1 nitrogen and oxygen atoms in total. The van der Waals surface area contributed by atoms with Crippen LogP contribution in [0.3, 0.4) is 0 Å². The number of carbonyl (C=O) groups excluding carboxylic acids is 1. The Kier molecular flexibility index (Phi) is 4.97. The molecule has 1 heteroatoms. The quantitative estimate of drug-likeness (QED) is 0.528. The first-order valence-corrected chi connectivity index (χ1v) is 5.82. The molecule has 0 saturated carbocycles. The van der Waals surface area contributed by atoms with Gasteiger partial charge in [-0.1, -0.05) is 42.8 Å². The van der Waals surface area contributed by atoms with Gasteiger partial charge in [-0.3, -0.25) is 4.79 Å². The number of hydrogen-bond acceptors (Lipinski definition) is 1. The molecule has 0 aromatic heterocycles. The number of carbonyl (C=O) groups is 1. The second-order valence-corrected chi connectivity index (χ2v) is 4.54. The van der Waals surface area contributed by atoms with Crippen molar-refractivity contribution in [3.05, 3.63) is 47.0 Å². The molecule has 86 valence electrons. The summed E-state index contributed by atoms with van der Waals surface area (Å²) in [6.07, 6.45) is 5.44. The van der Waals surface area contributed by atoms with E-state index in [0.717, 1.165) is 24.7 Å². The monoisotopic (exact) mass is 216 g/mol. The summed E-state index contributed by atoms with van der Waals surface area (Å²) in [5.41, 5.74) is 3.44. The van der Waals surface area contributed by atoms with Crippen LogP contribution < -0.4 is 0 Å². The molecule has 0 aliphatic heterocycles. The van der Waals surface area contributed by atoms with Crippen molar-refractivity contribution in [2.75, 3.05) is 0 Å². The summed E-state index contributed by atoms with van der Waals surface area (Å²) in [4.78, 5) is 10.5. The molecule has 16 heavy (non-hydrogen) atoms. The maximum atomic E-state index is 10.5. The van der Waals surface area contributed by atoms with Crippen LogP contribution in [-0.4, -0.2) is 6.29 Å². The Morgan fingerprint density at radius 3 is 2.38 bits per heavy atom. The Morgan fingerprint density at radius 2 is 1.88 bits per heavy atom. The smallest absolute Gasteiger partial charge is 0.150 e. The molecule has 0 spiro atoms. The van der Waals surface area contributed by atoms with Crippen LogP contribution >= 0.6 is 0 Å². The van der Waals surface area contributed by atoms with E-state index in [4.69, 9.17) is 0 Å². The molecule has 0 heterocycles. The molecule has 0 saturated heterocycles. The molecule has 0 radical (unpaired) electrons. The van der Waals surface area contributed by atoms with Crippen LogP contribution in [0.4, 0.5) is 0 Å². The minimum atomic E-state index is 0.552. The SMILES string of the molecule is CC(C)=CCC[C@H](C)c1ccc(C=O)cc1. The van der Waals surface area contributed by atoms with Gasteiger partial charge in [-0.25, -0.2) is 0 Å². The highest BCUT2D eigenvalue weighted by Crippen LogP contribution is 2.21. The molecule has 1 aromatic carbocycles. The zero-order valence-electron chi connectivity index (χ0n) is 10.4. The third-order valence-corrected chi connectivity index (χ3v) is 2.79. The van der Waals surface area contributed by atoms with Crippen molar-refractivity contribution in [2.45, 2.75) is 39.5 Å². The van der Waals surface area contributed by atoms with Crippen LogP contribution in [-0.2, 0) is 0 Å². The molecule has 0 aliphatic carbocycles. The largest absolute Gasteiger partial charge is 0.298 e. The predicted octanol–water partition coefficient (Wildman–Crippen LogP) is 4.35. The average molecular weight is 216 g/mol. The molecule has 1 atom stereocenters. The molecule has 1 aromatic rings. The molecule has 0 N–H and O–H groups in total.